The fourth-order valence-corrected chi connectivity index (χ4v) is 1.98. The van der Waals surface area contributed by atoms with Crippen LogP contribution in [-0.4, -0.2) is 25.0 Å². The molecule has 1 aromatic rings. The van der Waals surface area contributed by atoms with Crippen molar-refractivity contribution in [2.24, 2.45) is 5.73 Å². The first-order valence-corrected chi connectivity index (χ1v) is 6.07. The molecule has 20 heavy (non-hydrogen) atoms. The second-order valence-corrected chi connectivity index (χ2v) is 4.36. The van der Waals surface area contributed by atoms with Gasteiger partial charge in [-0.25, -0.2) is 9.69 Å². The van der Waals surface area contributed by atoms with Crippen LogP contribution in [-0.2, 0) is 4.79 Å². The number of anilines is 1. The van der Waals surface area contributed by atoms with Crippen molar-refractivity contribution in [2.75, 3.05) is 11.9 Å². The average molecular weight is 319 g/mol. The number of nitrogens with zero attached hydrogens (tertiary/aromatic N) is 1. The predicted molar refractivity (Wildman–Crippen MR) is 76.6 cm³/mol. The van der Waals surface area contributed by atoms with E-state index in [0.29, 0.717) is 0 Å². The molecular weight excluding hydrogens is 307 g/mol. The largest absolute Gasteiger partial charge is 0.425 e. The Morgan fingerprint density at radius 3 is 2.45 bits per heavy atom. The lowest BCUT2D eigenvalue weighted by Gasteiger charge is -2.23. The van der Waals surface area contributed by atoms with Gasteiger partial charge in [-0.3, -0.25) is 10.2 Å². The van der Waals surface area contributed by atoms with Crippen LogP contribution in [0.1, 0.15) is 6.92 Å². The summed E-state index contributed by atoms with van der Waals surface area (Å²) in [6, 6.07) is 2.04. The highest BCUT2D eigenvalue weighted by Crippen LogP contribution is 2.40. The Morgan fingerprint density at radius 1 is 1.40 bits per heavy atom. The van der Waals surface area contributed by atoms with Crippen molar-refractivity contribution in [1.82, 2.24) is 5.32 Å². The highest BCUT2D eigenvalue weighted by atomic mass is 35.5. The molecule has 2 amide bonds. The van der Waals surface area contributed by atoms with E-state index in [9.17, 15) is 9.59 Å². The van der Waals surface area contributed by atoms with E-state index in [4.69, 9.17) is 39.1 Å². The summed E-state index contributed by atoms with van der Waals surface area (Å²) in [5, 5.41) is 9.72. The molecule has 0 heterocycles. The maximum Gasteiger partial charge on any atom is 0.328 e. The van der Waals surface area contributed by atoms with E-state index in [1.54, 1.807) is 0 Å². The number of urea groups is 1. The van der Waals surface area contributed by atoms with Gasteiger partial charge < -0.3 is 15.8 Å². The third-order valence-electron chi connectivity index (χ3n) is 2.17. The van der Waals surface area contributed by atoms with Crippen LogP contribution in [0.15, 0.2) is 12.1 Å². The van der Waals surface area contributed by atoms with Gasteiger partial charge in [0.15, 0.2) is 5.75 Å². The summed E-state index contributed by atoms with van der Waals surface area (Å²) >= 11 is 12.0. The maximum atomic E-state index is 11.8. The van der Waals surface area contributed by atoms with Gasteiger partial charge in [-0.15, -0.1) is 0 Å². The van der Waals surface area contributed by atoms with E-state index in [1.165, 1.54) is 26.1 Å². The minimum absolute atomic E-state index is 0.00807. The predicted octanol–water partition coefficient (Wildman–Crippen LogP) is 1.96. The standard InChI is InChI=1S/C11H12Cl2N4O3/c1-5(18)20-7-4-3-6(12)9(8(7)13)17(10(14)15)11(19)16-2/h3-4H,1-2H3,(H3,14,15)(H,16,19). The fraction of sp³-hybridized carbons (Fsp3) is 0.182. The Bertz CT molecular complexity index is 577. The van der Waals surface area contributed by atoms with Crippen molar-refractivity contribution in [3.63, 3.8) is 0 Å². The first kappa shape index (κ1) is 16.1. The molecule has 4 N–H and O–H groups in total. The fourth-order valence-electron chi connectivity index (χ4n) is 1.40. The van der Waals surface area contributed by atoms with E-state index >= 15 is 0 Å². The summed E-state index contributed by atoms with van der Waals surface area (Å²) in [5.41, 5.74) is 5.32. The number of hydrogen-bond donors (Lipinski definition) is 3. The second kappa shape index (κ2) is 6.44. The van der Waals surface area contributed by atoms with Gasteiger partial charge in [0.1, 0.15) is 5.02 Å². The molecule has 0 spiro atoms. The zero-order chi connectivity index (χ0) is 15.4. The van der Waals surface area contributed by atoms with Gasteiger partial charge in [-0.2, -0.15) is 0 Å². The minimum atomic E-state index is -0.707. The Hall–Kier alpha value is -1.99. The van der Waals surface area contributed by atoms with Gasteiger partial charge in [0, 0.05) is 14.0 Å². The molecule has 0 fully saturated rings. The SMILES string of the molecule is CNC(=O)N(C(=N)N)c1c(Cl)ccc(OC(C)=O)c1Cl. The number of ether oxygens (including phenoxy) is 1. The Morgan fingerprint density at radius 2 is 2.00 bits per heavy atom. The molecule has 0 atom stereocenters. The van der Waals surface area contributed by atoms with E-state index in [1.807, 2.05) is 0 Å². The van der Waals surface area contributed by atoms with Crippen LogP contribution in [0.25, 0.3) is 0 Å². The maximum absolute atomic E-state index is 11.8. The zero-order valence-corrected chi connectivity index (χ0v) is 12.2. The lowest BCUT2D eigenvalue weighted by molar-refractivity contribution is -0.131. The van der Waals surface area contributed by atoms with Crippen LogP contribution >= 0.6 is 23.2 Å². The molecule has 9 heteroatoms. The molecule has 0 bridgehead atoms. The third-order valence-corrected chi connectivity index (χ3v) is 2.84. The second-order valence-electron chi connectivity index (χ2n) is 3.58. The van der Waals surface area contributed by atoms with E-state index in [-0.39, 0.29) is 21.5 Å². The summed E-state index contributed by atoms with van der Waals surface area (Å²) in [5.74, 6) is -1.17. The number of halogens is 2. The van der Waals surface area contributed by atoms with E-state index < -0.39 is 18.0 Å². The summed E-state index contributed by atoms with van der Waals surface area (Å²) in [4.78, 5) is 23.5. The number of esters is 1. The highest BCUT2D eigenvalue weighted by Gasteiger charge is 2.25. The molecule has 0 saturated heterocycles. The van der Waals surface area contributed by atoms with Gasteiger partial charge in [-0.05, 0) is 12.1 Å². The number of benzene rings is 1. The van der Waals surface area contributed by atoms with Gasteiger partial charge in [0.2, 0.25) is 5.96 Å². The summed E-state index contributed by atoms with van der Waals surface area (Å²) < 4.78 is 4.88. The topological polar surface area (TPSA) is 109 Å². The molecule has 0 aliphatic heterocycles. The Labute approximate surface area is 125 Å². The molecule has 7 nitrogen and oxygen atoms in total. The number of guanidine groups is 1. The van der Waals surface area contributed by atoms with E-state index in [0.717, 1.165) is 4.90 Å². The molecule has 0 aliphatic carbocycles. The number of amides is 2. The zero-order valence-electron chi connectivity index (χ0n) is 10.7. The van der Waals surface area contributed by atoms with Crippen molar-refractivity contribution in [2.45, 2.75) is 6.92 Å². The number of nitrogens with one attached hydrogen (secondary N) is 2. The number of rotatable bonds is 2. The van der Waals surface area contributed by atoms with E-state index in [2.05, 4.69) is 5.32 Å². The first-order chi connectivity index (χ1) is 9.29. The van der Waals surface area contributed by atoms with Crippen LogP contribution in [0.2, 0.25) is 10.0 Å². The quantitative estimate of drug-likeness (QED) is 0.335. The first-order valence-electron chi connectivity index (χ1n) is 5.31. The monoisotopic (exact) mass is 318 g/mol. The van der Waals surface area contributed by atoms with Crippen LogP contribution in [0.3, 0.4) is 0 Å². The summed E-state index contributed by atoms with van der Waals surface area (Å²) in [6.45, 7) is 1.20. The molecule has 0 radical (unpaired) electrons. The van der Waals surface area contributed by atoms with Crippen LogP contribution < -0.4 is 20.7 Å². The highest BCUT2D eigenvalue weighted by molar-refractivity contribution is 6.42. The molecule has 1 aromatic carbocycles. The van der Waals surface area contributed by atoms with Crippen molar-refractivity contribution in [3.05, 3.63) is 22.2 Å². The van der Waals surface area contributed by atoms with Gasteiger partial charge in [0.25, 0.3) is 0 Å². The number of nitrogens with two attached hydrogens (primary N) is 1. The van der Waals surface area contributed by atoms with Crippen molar-refractivity contribution < 1.29 is 14.3 Å². The summed E-state index contributed by atoms with van der Waals surface area (Å²) in [6.07, 6.45) is 0. The van der Waals surface area contributed by atoms with Gasteiger partial charge in [0.05, 0.1) is 10.7 Å². The number of carbonyl (C=O) groups is 2. The molecular formula is C11H12Cl2N4O3. The van der Waals surface area contributed by atoms with Gasteiger partial charge >= 0.3 is 12.0 Å². The lowest BCUT2D eigenvalue weighted by atomic mass is 10.2. The molecule has 0 saturated carbocycles. The van der Waals surface area contributed by atoms with Crippen LogP contribution in [0.4, 0.5) is 10.5 Å². The van der Waals surface area contributed by atoms with Crippen molar-refractivity contribution >= 4 is 46.8 Å². The molecule has 0 aromatic heterocycles. The average Bonchev–Trinajstić information content (AvgIpc) is 2.36. The summed E-state index contributed by atoms with van der Waals surface area (Å²) in [7, 11) is 1.36. The molecule has 0 aliphatic rings. The van der Waals surface area contributed by atoms with Crippen molar-refractivity contribution in [1.29, 1.82) is 5.41 Å². The van der Waals surface area contributed by atoms with Crippen LogP contribution in [0.5, 0.6) is 5.75 Å². The normalized spacial score (nSPS) is 9.80. The van der Waals surface area contributed by atoms with Crippen molar-refractivity contribution in [3.8, 4) is 5.75 Å². The molecule has 108 valence electrons. The number of hydrogen-bond acceptors (Lipinski definition) is 4. The third kappa shape index (κ3) is 3.31. The Kier molecular flexibility index (Phi) is 5.18. The van der Waals surface area contributed by atoms with Crippen LogP contribution in [0, 0.1) is 5.41 Å². The molecule has 0 unspecified atom stereocenters. The number of carbonyl (C=O) groups excluding carboxylic acids is 2. The minimum Gasteiger partial charge on any atom is -0.425 e. The lowest BCUT2D eigenvalue weighted by Crippen LogP contribution is -2.46. The Balaban J connectivity index is 3.44. The smallest absolute Gasteiger partial charge is 0.328 e. The van der Waals surface area contributed by atoms with Gasteiger partial charge in [-0.1, -0.05) is 23.2 Å². The molecule has 1 rings (SSSR count).